The lowest BCUT2D eigenvalue weighted by Gasteiger charge is -2.12. The van der Waals surface area contributed by atoms with E-state index in [-0.39, 0.29) is 17.1 Å². The van der Waals surface area contributed by atoms with E-state index in [9.17, 15) is 18.5 Å². The highest BCUT2D eigenvalue weighted by Crippen LogP contribution is 2.27. The topological polar surface area (TPSA) is 113 Å². The summed E-state index contributed by atoms with van der Waals surface area (Å²) < 4.78 is 27.1. The summed E-state index contributed by atoms with van der Waals surface area (Å²) in [4.78, 5) is 11.0. The molecule has 0 heterocycles. The predicted molar refractivity (Wildman–Crippen MR) is 127 cm³/mol. The van der Waals surface area contributed by atoms with Crippen LogP contribution in [0.1, 0.15) is 5.56 Å². The highest BCUT2D eigenvalue weighted by molar-refractivity contribution is 7.89. The van der Waals surface area contributed by atoms with E-state index >= 15 is 0 Å². The monoisotopic (exact) mass is 474 g/mol. The Morgan fingerprint density at radius 2 is 1.59 bits per heavy atom. The van der Waals surface area contributed by atoms with Crippen LogP contribution in [-0.2, 0) is 16.4 Å². The summed E-state index contributed by atoms with van der Waals surface area (Å²) in [5.74, 6) is 0. The smallest absolute Gasteiger partial charge is 0.292 e. The van der Waals surface area contributed by atoms with Crippen molar-refractivity contribution in [1.82, 2.24) is 4.72 Å². The van der Waals surface area contributed by atoms with E-state index in [4.69, 9.17) is 11.6 Å². The van der Waals surface area contributed by atoms with Crippen LogP contribution in [0.25, 0.3) is 0 Å². The highest BCUT2D eigenvalue weighted by Gasteiger charge is 2.15. The maximum Gasteiger partial charge on any atom is 0.292 e. The Labute approximate surface area is 191 Å². The zero-order valence-electron chi connectivity index (χ0n) is 17.1. The first-order chi connectivity index (χ1) is 15.3. The van der Waals surface area contributed by atoms with Crippen molar-refractivity contribution >= 4 is 38.7 Å². The normalized spacial score (nSPS) is 11.2. The Morgan fingerprint density at radius 3 is 2.28 bits per heavy atom. The maximum absolute atomic E-state index is 12.3. The Kier molecular flexibility index (Phi) is 8.04. The summed E-state index contributed by atoms with van der Waals surface area (Å²) in [6.07, 6.45) is 0.724. The molecule has 3 N–H and O–H groups in total. The molecule has 0 aliphatic carbocycles. The van der Waals surface area contributed by atoms with Gasteiger partial charge in [-0.15, -0.1) is 0 Å². The zero-order chi connectivity index (χ0) is 23.0. The Balaban J connectivity index is 1.56. The number of rotatable bonds is 11. The van der Waals surface area contributed by atoms with Crippen LogP contribution in [0, 0.1) is 10.1 Å². The van der Waals surface area contributed by atoms with Crippen molar-refractivity contribution in [2.45, 2.75) is 11.3 Å². The van der Waals surface area contributed by atoms with E-state index in [2.05, 4.69) is 15.4 Å². The van der Waals surface area contributed by atoms with Crippen LogP contribution in [0.4, 0.5) is 17.1 Å². The molecule has 0 bridgehead atoms. The highest BCUT2D eigenvalue weighted by atomic mass is 35.5. The average Bonchev–Trinajstić information content (AvgIpc) is 2.78. The van der Waals surface area contributed by atoms with Gasteiger partial charge < -0.3 is 10.6 Å². The first-order valence-corrected chi connectivity index (χ1v) is 11.8. The number of hydrogen-bond acceptors (Lipinski definition) is 6. The fraction of sp³-hybridized carbons (Fsp3) is 0.182. The van der Waals surface area contributed by atoms with Gasteiger partial charge in [-0.3, -0.25) is 10.1 Å². The van der Waals surface area contributed by atoms with Crippen LogP contribution in [-0.4, -0.2) is 33.0 Å². The molecule has 3 aromatic carbocycles. The molecule has 0 saturated heterocycles. The second-order valence-corrected chi connectivity index (χ2v) is 9.13. The van der Waals surface area contributed by atoms with Gasteiger partial charge in [0, 0.05) is 36.4 Å². The van der Waals surface area contributed by atoms with Gasteiger partial charge in [0.25, 0.3) is 5.69 Å². The van der Waals surface area contributed by atoms with Crippen molar-refractivity contribution in [3.8, 4) is 0 Å². The Bertz CT molecular complexity index is 1160. The van der Waals surface area contributed by atoms with Crippen molar-refractivity contribution in [3.05, 3.63) is 93.5 Å². The molecule has 0 aliphatic rings. The van der Waals surface area contributed by atoms with Crippen LogP contribution in [0.3, 0.4) is 0 Å². The standard InChI is InChI=1S/C22H23ClN4O4S/c23-18-6-9-20(10-7-18)32(30,31)26-15-14-24-19-8-11-22(27(28)29)21(16-19)25-13-12-17-4-2-1-3-5-17/h1-11,16,24-26H,12-15H2. The number of anilines is 2. The summed E-state index contributed by atoms with van der Waals surface area (Å²) in [5.41, 5.74) is 2.15. The lowest BCUT2D eigenvalue weighted by molar-refractivity contribution is -0.383. The minimum Gasteiger partial charge on any atom is -0.384 e. The van der Waals surface area contributed by atoms with Crippen LogP contribution < -0.4 is 15.4 Å². The molecule has 3 aromatic rings. The van der Waals surface area contributed by atoms with Crippen molar-refractivity contribution in [3.63, 3.8) is 0 Å². The fourth-order valence-corrected chi connectivity index (χ4v) is 4.18. The molecule has 0 fully saturated rings. The molecule has 0 spiro atoms. The maximum atomic E-state index is 12.3. The summed E-state index contributed by atoms with van der Waals surface area (Å²) >= 11 is 5.79. The number of nitrogens with one attached hydrogen (secondary N) is 3. The number of benzene rings is 3. The molecule has 0 aliphatic heterocycles. The number of hydrogen-bond donors (Lipinski definition) is 3. The number of halogens is 1. The molecule has 168 valence electrons. The van der Waals surface area contributed by atoms with Crippen molar-refractivity contribution < 1.29 is 13.3 Å². The van der Waals surface area contributed by atoms with Gasteiger partial charge in [0.15, 0.2) is 0 Å². The molecule has 8 nitrogen and oxygen atoms in total. The number of nitro groups is 1. The number of sulfonamides is 1. The minimum atomic E-state index is -3.65. The molecule has 0 saturated carbocycles. The molecular weight excluding hydrogens is 452 g/mol. The van der Waals surface area contributed by atoms with Crippen molar-refractivity contribution in [2.75, 3.05) is 30.3 Å². The molecule has 0 radical (unpaired) electrons. The molecule has 3 rings (SSSR count). The average molecular weight is 475 g/mol. The second kappa shape index (κ2) is 10.9. The van der Waals surface area contributed by atoms with Gasteiger partial charge in [0.1, 0.15) is 5.69 Å². The van der Waals surface area contributed by atoms with Crippen LogP contribution in [0.2, 0.25) is 5.02 Å². The van der Waals surface area contributed by atoms with E-state index in [0.717, 1.165) is 12.0 Å². The Morgan fingerprint density at radius 1 is 0.875 bits per heavy atom. The van der Waals surface area contributed by atoms with Gasteiger partial charge in [0.05, 0.1) is 9.82 Å². The van der Waals surface area contributed by atoms with E-state index < -0.39 is 14.9 Å². The summed E-state index contributed by atoms with van der Waals surface area (Å²) in [6.45, 7) is 0.974. The third-order valence-corrected chi connectivity index (χ3v) is 6.36. The van der Waals surface area contributed by atoms with Crippen LogP contribution >= 0.6 is 11.6 Å². The summed E-state index contributed by atoms with van der Waals surface area (Å²) in [5, 5.41) is 18.0. The number of nitro benzene ring substituents is 1. The largest absolute Gasteiger partial charge is 0.384 e. The van der Waals surface area contributed by atoms with Gasteiger partial charge in [-0.1, -0.05) is 41.9 Å². The molecule has 32 heavy (non-hydrogen) atoms. The zero-order valence-corrected chi connectivity index (χ0v) is 18.7. The van der Waals surface area contributed by atoms with E-state index in [1.165, 1.54) is 30.3 Å². The lowest BCUT2D eigenvalue weighted by atomic mass is 10.1. The SMILES string of the molecule is O=[N+]([O-])c1ccc(NCCNS(=O)(=O)c2ccc(Cl)cc2)cc1NCCc1ccccc1. The molecule has 0 unspecified atom stereocenters. The fourth-order valence-electron chi connectivity index (χ4n) is 3.02. The third-order valence-electron chi connectivity index (χ3n) is 4.64. The van der Waals surface area contributed by atoms with E-state index in [1.807, 2.05) is 30.3 Å². The van der Waals surface area contributed by atoms with Crippen molar-refractivity contribution in [1.29, 1.82) is 0 Å². The van der Waals surface area contributed by atoms with Gasteiger partial charge in [-0.2, -0.15) is 0 Å². The molecule has 0 atom stereocenters. The van der Waals surface area contributed by atoms with Crippen molar-refractivity contribution in [2.24, 2.45) is 0 Å². The third kappa shape index (κ3) is 6.68. The lowest BCUT2D eigenvalue weighted by Crippen LogP contribution is -2.28. The van der Waals surface area contributed by atoms with E-state index in [0.29, 0.717) is 29.5 Å². The predicted octanol–water partition coefficient (Wildman–Crippen LogP) is 4.29. The van der Waals surface area contributed by atoms with Gasteiger partial charge in [-0.25, -0.2) is 13.1 Å². The van der Waals surface area contributed by atoms with Crippen LogP contribution in [0.5, 0.6) is 0 Å². The quantitative estimate of drug-likeness (QED) is 0.217. The minimum absolute atomic E-state index is 0.0212. The van der Waals surface area contributed by atoms with Crippen LogP contribution in [0.15, 0.2) is 77.7 Å². The molecule has 0 amide bonds. The summed E-state index contributed by atoms with van der Waals surface area (Å²) in [7, 11) is -3.65. The summed E-state index contributed by atoms with van der Waals surface area (Å²) in [6, 6.07) is 20.4. The molecule has 10 heteroatoms. The molecular formula is C22H23ClN4O4S. The number of nitrogens with zero attached hydrogens (tertiary/aromatic N) is 1. The second-order valence-electron chi connectivity index (χ2n) is 6.93. The first-order valence-electron chi connectivity index (χ1n) is 9.90. The first kappa shape index (κ1) is 23.5. The Hall–Kier alpha value is -3.14. The van der Waals surface area contributed by atoms with Gasteiger partial charge >= 0.3 is 0 Å². The van der Waals surface area contributed by atoms with Gasteiger partial charge in [-0.05, 0) is 48.4 Å². The van der Waals surface area contributed by atoms with E-state index in [1.54, 1.807) is 12.1 Å². The van der Waals surface area contributed by atoms with Gasteiger partial charge in [0.2, 0.25) is 10.0 Å². The molecule has 0 aromatic heterocycles.